The van der Waals surface area contributed by atoms with Crippen molar-refractivity contribution < 1.29 is 14.3 Å². The molecule has 5 nitrogen and oxygen atoms in total. The Hall–Kier alpha value is -2.30. The summed E-state index contributed by atoms with van der Waals surface area (Å²) in [6.07, 6.45) is 1.16. The van der Waals surface area contributed by atoms with Crippen LogP contribution >= 0.6 is 0 Å². The van der Waals surface area contributed by atoms with Gasteiger partial charge in [0.25, 0.3) is 6.01 Å². The summed E-state index contributed by atoms with van der Waals surface area (Å²) in [5, 5.41) is 8.80. The summed E-state index contributed by atoms with van der Waals surface area (Å²) >= 11 is 0. The second-order valence-corrected chi connectivity index (χ2v) is 3.82. The minimum Gasteiger partial charge on any atom is -0.476 e. The van der Waals surface area contributed by atoms with E-state index in [-0.39, 0.29) is 5.69 Å². The van der Waals surface area contributed by atoms with Crippen LogP contribution in [0.4, 0.5) is 6.01 Å². The van der Waals surface area contributed by atoms with E-state index in [1.807, 2.05) is 42.2 Å². The number of rotatable bonds is 5. The SMILES string of the molecule is CCN(Cc1ccccc1)c1nc(C(=O)O)co1. The summed E-state index contributed by atoms with van der Waals surface area (Å²) in [6.45, 7) is 3.29. The molecule has 0 radical (unpaired) electrons. The Morgan fingerprint density at radius 3 is 2.67 bits per heavy atom. The fraction of sp³-hybridized carbons (Fsp3) is 0.231. The molecule has 0 amide bonds. The van der Waals surface area contributed by atoms with Gasteiger partial charge in [0.1, 0.15) is 6.26 Å². The van der Waals surface area contributed by atoms with Gasteiger partial charge in [0, 0.05) is 13.1 Å². The molecule has 2 aromatic rings. The molecule has 0 atom stereocenters. The molecule has 0 saturated carbocycles. The molecule has 0 aliphatic rings. The van der Waals surface area contributed by atoms with Crippen molar-refractivity contribution in [3.63, 3.8) is 0 Å². The van der Waals surface area contributed by atoms with Crippen molar-refractivity contribution in [3.8, 4) is 0 Å². The van der Waals surface area contributed by atoms with Gasteiger partial charge >= 0.3 is 5.97 Å². The van der Waals surface area contributed by atoms with Crippen molar-refractivity contribution in [3.05, 3.63) is 47.9 Å². The molecule has 5 heteroatoms. The number of hydrogen-bond acceptors (Lipinski definition) is 4. The van der Waals surface area contributed by atoms with Crippen LogP contribution < -0.4 is 4.90 Å². The fourth-order valence-corrected chi connectivity index (χ4v) is 1.63. The molecule has 94 valence electrons. The lowest BCUT2D eigenvalue weighted by molar-refractivity contribution is 0.0690. The van der Waals surface area contributed by atoms with Crippen LogP contribution in [-0.4, -0.2) is 22.6 Å². The van der Waals surface area contributed by atoms with Gasteiger partial charge in [-0.25, -0.2) is 4.79 Å². The highest BCUT2D eigenvalue weighted by Crippen LogP contribution is 2.16. The van der Waals surface area contributed by atoms with Crippen LogP contribution in [0, 0.1) is 0 Å². The van der Waals surface area contributed by atoms with E-state index in [1.165, 1.54) is 0 Å². The summed E-state index contributed by atoms with van der Waals surface area (Å²) < 4.78 is 5.19. The van der Waals surface area contributed by atoms with Crippen LogP contribution in [0.3, 0.4) is 0 Å². The van der Waals surface area contributed by atoms with Gasteiger partial charge in [0.05, 0.1) is 0 Å². The average Bonchev–Trinajstić information content (AvgIpc) is 2.87. The highest BCUT2D eigenvalue weighted by molar-refractivity contribution is 5.85. The van der Waals surface area contributed by atoms with E-state index in [4.69, 9.17) is 9.52 Å². The van der Waals surface area contributed by atoms with Crippen LogP contribution in [0.15, 0.2) is 41.0 Å². The lowest BCUT2D eigenvalue weighted by Crippen LogP contribution is -2.22. The summed E-state index contributed by atoms with van der Waals surface area (Å²) in [6, 6.07) is 10.2. The third kappa shape index (κ3) is 2.68. The molecule has 2 rings (SSSR count). The number of hydrogen-bond donors (Lipinski definition) is 1. The number of nitrogens with zero attached hydrogens (tertiary/aromatic N) is 2. The molecule has 0 aliphatic heterocycles. The van der Waals surface area contributed by atoms with E-state index in [0.717, 1.165) is 11.8 Å². The van der Waals surface area contributed by atoms with Gasteiger partial charge in [-0.05, 0) is 12.5 Å². The molecule has 1 heterocycles. The largest absolute Gasteiger partial charge is 0.476 e. The second kappa shape index (κ2) is 5.35. The van der Waals surface area contributed by atoms with E-state index in [0.29, 0.717) is 19.1 Å². The Balaban J connectivity index is 2.15. The molecule has 0 unspecified atom stereocenters. The molecule has 1 aromatic heterocycles. The Morgan fingerprint density at radius 2 is 2.11 bits per heavy atom. The van der Waals surface area contributed by atoms with E-state index < -0.39 is 5.97 Å². The Bertz CT molecular complexity index is 522. The zero-order valence-corrected chi connectivity index (χ0v) is 10.0. The average molecular weight is 246 g/mol. The molecule has 0 aliphatic carbocycles. The van der Waals surface area contributed by atoms with Crippen molar-refractivity contribution in [2.24, 2.45) is 0 Å². The maximum absolute atomic E-state index is 10.7. The van der Waals surface area contributed by atoms with Crippen molar-refractivity contribution >= 4 is 12.0 Å². The zero-order valence-electron chi connectivity index (χ0n) is 10.0. The smallest absolute Gasteiger partial charge is 0.357 e. The monoisotopic (exact) mass is 246 g/mol. The van der Waals surface area contributed by atoms with Gasteiger partial charge in [-0.2, -0.15) is 4.98 Å². The summed E-state index contributed by atoms with van der Waals surface area (Å²) in [7, 11) is 0. The number of carbonyl (C=O) groups is 1. The third-order valence-corrected chi connectivity index (χ3v) is 2.58. The quantitative estimate of drug-likeness (QED) is 0.877. The van der Waals surface area contributed by atoms with E-state index in [9.17, 15) is 4.79 Å². The van der Waals surface area contributed by atoms with Crippen molar-refractivity contribution in [1.29, 1.82) is 0 Å². The molecule has 18 heavy (non-hydrogen) atoms. The lowest BCUT2D eigenvalue weighted by atomic mass is 10.2. The van der Waals surface area contributed by atoms with E-state index in [2.05, 4.69) is 4.98 Å². The maximum Gasteiger partial charge on any atom is 0.357 e. The van der Waals surface area contributed by atoms with Gasteiger partial charge < -0.3 is 14.4 Å². The predicted octanol–water partition coefficient (Wildman–Crippen LogP) is 2.40. The maximum atomic E-state index is 10.7. The van der Waals surface area contributed by atoms with E-state index in [1.54, 1.807) is 0 Å². The molecule has 0 bridgehead atoms. The first-order chi connectivity index (χ1) is 8.70. The summed E-state index contributed by atoms with van der Waals surface area (Å²) in [5.74, 6) is -1.08. The first kappa shape index (κ1) is 12.2. The molecule has 0 fully saturated rings. The Kier molecular flexibility index (Phi) is 3.62. The van der Waals surface area contributed by atoms with Gasteiger partial charge in [0.2, 0.25) is 0 Å². The summed E-state index contributed by atoms with van der Waals surface area (Å²) in [5.41, 5.74) is 1.05. The lowest BCUT2D eigenvalue weighted by Gasteiger charge is -2.18. The van der Waals surface area contributed by atoms with Gasteiger partial charge in [-0.1, -0.05) is 30.3 Å². The van der Waals surface area contributed by atoms with Gasteiger partial charge in [0.15, 0.2) is 5.69 Å². The first-order valence-corrected chi connectivity index (χ1v) is 5.68. The molecule has 1 aromatic carbocycles. The topological polar surface area (TPSA) is 66.6 Å². The fourth-order valence-electron chi connectivity index (χ4n) is 1.63. The van der Waals surface area contributed by atoms with Crippen LogP contribution in [0.5, 0.6) is 0 Å². The van der Waals surface area contributed by atoms with Crippen LogP contribution in [0.25, 0.3) is 0 Å². The van der Waals surface area contributed by atoms with Crippen LogP contribution in [-0.2, 0) is 6.54 Å². The highest BCUT2D eigenvalue weighted by atomic mass is 16.4. The molecular weight excluding hydrogens is 232 g/mol. The standard InChI is InChI=1S/C13H14N2O3/c1-2-15(8-10-6-4-3-5-7-10)13-14-11(9-18-13)12(16)17/h3-7,9H,2,8H2,1H3,(H,16,17). The molecule has 0 saturated heterocycles. The minimum atomic E-state index is -1.08. The number of anilines is 1. The number of benzene rings is 1. The molecular formula is C13H14N2O3. The van der Waals surface area contributed by atoms with Crippen molar-refractivity contribution in [2.75, 3.05) is 11.4 Å². The predicted molar refractivity (Wildman–Crippen MR) is 66.6 cm³/mol. The van der Waals surface area contributed by atoms with Gasteiger partial charge in [-0.15, -0.1) is 0 Å². The Labute approximate surface area is 105 Å². The normalized spacial score (nSPS) is 10.3. The van der Waals surface area contributed by atoms with E-state index >= 15 is 0 Å². The third-order valence-electron chi connectivity index (χ3n) is 2.58. The van der Waals surface area contributed by atoms with Gasteiger partial charge in [-0.3, -0.25) is 0 Å². The Morgan fingerprint density at radius 1 is 1.39 bits per heavy atom. The number of aromatic nitrogens is 1. The summed E-state index contributed by atoms with van der Waals surface area (Å²) in [4.78, 5) is 16.6. The number of carboxylic acids is 1. The second-order valence-electron chi connectivity index (χ2n) is 3.82. The highest BCUT2D eigenvalue weighted by Gasteiger charge is 2.15. The van der Waals surface area contributed by atoms with Crippen molar-refractivity contribution in [2.45, 2.75) is 13.5 Å². The molecule has 0 spiro atoms. The number of aromatic carboxylic acids is 1. The zero-order chi connectivity index (χ0) is 13.0. The first-order valence-electron chi connectivity index (χ1n) is 5.68. The minimum absolute atomic E-state index is 0.0727. The van der Waals surface area contributed by atoms with Crippen molar-refractivity contribution in [1.82, 2.24) is 4.98 Å². The number of carboxylic acid groups (broad SMARTS) is 1. The van der Waals surface area contributed by atoms with Crippen LogP contribution in [0.1, 0.15) is 23.0 Å². The van der Waals surface area contributed by atoms with Crippen LogP contribution in [0.2, 0.25) is 0 Å². The number of oxazole rings is 1. The molecule has 1 N–H and O–H groups in total.